The molecule has 19 heavy (non-hydrogen) atoms. The van der Waals surface area contributed by atoms with Gasteiger partial charge in [0.15, 0.2) is 0 Å². The van der Waals surface area contributed by atoms with Crippen LogP contribution in [0, 0.1) is 0 Å². The monoisotopic (exact) mass is 254 g/mol. The molecule has 1 unspecified atom stereocenters. The number of hydrogen-bond acceptors (Lipinski definition) is 4. The third kappa shape index (κ3) is 2.20. The average Bonchev–Trinajstić information content (AvgIpc) is 2.77. The lowest BCUT2D eigenvalue weighted by atomic mass is 10.1. The number of nitrogens with zero attached hydrogens (tertiary/aromatic N) is 4. The Morgan fingerprint density at radius 1 is 1.21 bits per heavy atom. The second-order valence-corrected chi connectivity index (χ2v) is 4.48. The van der Waals surface area contributed by atoms with Gasteiger partial charge in [-0.2, -0.15) is 5.10 Å². The van der Waals surface area contributed by atoms with Crippen molar-refractivity contribution in [1.82, 2.24) is 19.7 Å². The van der Waals surface area contributed by atoms with Crippen molar-refractivity contribution in [2.24, 2.45) is 7.05 Å². The fraction of sp³-hybridized carbons (Fsp3) is 0.214. The first-order valence-electron chi connectivity index (χ1n) is 6.09. The first kappa shape index (κ1) is 11.8. The summed E-state index contributed by atoms with van der Waals surface area (Å²) in [6, 6.07) is 8.00. The van der Waals surface area contributed by atoms with E-state index in [9.17, 15) is 5.11 Å². The van der Waals surface area contributed by atoms with E-state index in [2.05, 4.69) is 15.1 Å². The highest BCUT2D eigenvalue weighted by molar-refractivity contribution is 5.81. The number of aliphatic hydroxyl groups is 1. The van der Waals surface area contributed by atoms with E-state index in [0.717, 1.165) is 16.6 Å². The molecule has 0 spiro atoms. The Labute approximate surface area is 110 Å². The molecule has 3 rings (SSSR count). The Morgan fingerprint density at radius 2 is 1.95 bits per heavy atom. The minimum absolute atomic E-state index is 0.453. The van der Waals surface area contributed by atoms with Crippen LogP contribution in [-0.2, 0) is 13.5 Å². The predicted octanol–water partition coefficient (Wildman–Crippen LogP) is 1.64. The lowest BCUT2D eigenvalue weighted by molar-refractivity contribution is 0.176. The van der Waals surface area contributed by atoms with Gasteiger partial charge in [0.1, 0.15) is 6.33 Å². The van der Waals surface area contributed by atoms with Gasteiger partial charge in [0.05, 0.1) is 17.3 Å². The minimum atomic E-state index is -0.639. The van der Waals surface area contributed by atoms with Crippen molar-refractivity contribution in [2.45, 2.75) is 12.5 Å². The molecule has 0 bridgehead atoms. The van der Waals surface area contributed by atoms with Crippen molar-refractivity contribution in [1.29, 1.82) is 0 Å². The Balaban J connectivity index is 1.94. The highest BCUT2D eigenvalue weighted by Gasteiger charge is 2.14. The van der Waals surface area contributed by atoms with Crippen LogP contribution < -0.4 is 0 Å². The third-order valence-corrected chi connectivity index (χ3v) is 3.19. The van der Waals surface area contributed by atoms with E-state index in [1.165, 1.54) is 6.33 Å². The molecule has 0 radical (unpaired) electrons. The Morgan fingerprint density at radius 3 is 2.74 bits per heavy atom. The van der Waals surface area contributed by atoms with Gasteiger partial charge in [-0.05, 0) is 6.07 Å². The second-order valence-electron chi connectivity index (χ2n) is 4.48. The van der Waals surface area contributed by atoms with Crippen LogP contribution in [-0.4, -0.2) is 24.9 Å². The van der Waals surface area contributed by atoms with Gasteiger partial charge in [0, 0.05) is 36.8 Å². The molecule has 1 N–H and O–H groups in total. The summed E-state index contributed by atoms with van der Waals surface area (Å²) < 4.78 is 1.83. The normalized spacial score (nSPS) is 12.7. The Kier molecular flexibility index (Phi) is 2.97. The van der Waals surface area contributed by atoms with E-state index in [1.807, 2.05) is 36.0 Å². The fourth-order valence-corrected chi connectivity index (χ4v) is 2.22. The maximum absolute atomic E-state index is 10.2. The molecule has 5 heteroatoms. The number of para-hydroxylation sites is 1. The summed E-state index contributed by atoms with van der Waals surface area (Å²) in [6.45, 7) is 0. The molecular weight excluding hydrogens is 240 g/mol. The van der Waals surface area contributed by atoms with Crippen molar-refractivity contribution in [2.75, 3.05) is 0 Å². The molecule has 0 saturated carbocycles. The standard InChI is InChI=1S/C14H14N4O/c1-18-13-5-3-2-4-11(13)12(17-18)6-14(19)10-7-15-9-16-8-10/h2-5,7-9,14,19H,6H2,1H3. The van der Waals surface area contributed by atoms with Crippen LogP contribution in [0.2, 0.25) is 0 Å². The summed E-state index contributed by atoms with van der Waals surface area (Å²) in [5.74, 6) is 0. The van der Waals surface area contributed by atoms with Gasteiger partial charge in [0.2, 0.25) is 0 Å². The zero-order valence-corrected chi connectivity index (χ0v) is 10.6. The molecule has 0 saturated heterocycles. The lowest BCUT2D eigenvalue weighted by Gasteiger charge is -2.08. The van der Waals surface area contributed by atoms with Gasteiger partial charge < -0.3 is 5.11 Å². The van der Waals surface area contributed by atoms with Crippen LogP contribution >= 0.6 is 0 Å². The predicted molar refractivity (Wildman–Crippen MR) is 71.4 cm³/mol. The van der Waals surface area contributed by atoms with Gasteiger partial charge >= 0.3 is 0 Å². The van der Waals surface area contributed by atoms with Gasteiger partial charge in [-0.15, -0.1) is 0 Å². The van der Waals surface area contributed by atoms with Crippen molar-refractivity contribution in [3.05, 3.63) is 54.2 Å². The summed E-state index contributed by atoms with van der Waals surface area (Å²) in [5, 5.41) is 15.8. The van der Waals surface area contributed by atoms with E-state index < -0.39 is 6.10 Å². The first-order valence-corrected chi connectivity index (χ1v) is 6.09. The molecule has 0 aliphatic rings. The molecule has 1 aromatic carbocycles. The summed E-state index contributed by atoms with van der Waals surface area (Å²) in [5.41, 5.74) is 2.65. The number of aryl methyl sites for hydroxylation is 1. The first-order chi connectivity index (χ1) is 9.25. The highest BCUT2D eigenvalue weighted by atomic mass is 16.3. The Hall–Kier alpha value is -2.27. The number of fused-ring (bicyclic) bond motifs is 1. The summed E-state index contributed by atoms with van der Waals surface area (Å²) >= 11 is 0. The lowest BCUT2D eigenvalue weighted by Crippen LogP contribution is -2.04. The topological polar surface area (TPSA) is 63.8 Å². The molecule has 0 aliphatic carbocycles. The minimum Gasteiger partial charge on any atom is -0.388 e. The van der Waals surface area contributed by atoms with E-state index in [-0.39, 0.29) is 0 Å². The van der Waals surface area contributed by atoms with Gasteiger partial charge in [-0.3, -0.25) is 4.68 Å². The molecule has 5 nitrogen and oxygen atoms in total. The number of hydrogen-bond donors (Lipinski definition) is 1. The SMILES string of the molecule is Cn1nc(CC(O)c2cncnc2)c2ccccc21. The van der Waals surface area contributed by atoms with E-state index in [0.29, 0.717) is 12.0 Å². The van der Waals surface area contributed by atoms with E-state index >= 15 is 0 Å². The molecule has 2 heterocycles. The van der Waals surface area contributed by atoms with Crippen LogP contribution in [0.15, 0.2) is 43.0 Å². The van der Waals surface area contributed by atoms with Crippen LogP contribution in [0.4, 0.5) is 0 Å². The quantitative estimate of drug-likeness (QED) is 0.771. The smallest absolute Gasteiger partial charge is 0.115 e. The van der Waals surface area contributed by atoms with Crippen LogP contribution in [0.25, 0.3) is 10.9 Å². The van der Waals surface area contributed by atoms with Crippen molar-refractivity contribution >= 4 is 10.9 Å². The fourth-order valence-electron chi connectivity index (χ4n) is 2.22. The summed E-state index contributed by atoms with van der Waals surface area (Å²) in [7, 11) is 1.91. The molecule has 2 aromatic heterocycles. The van der Waals surface area contributed by atoms with Crippen molar-refractivity contribution < 1.29 is 5.11 Å². The maximum Gasteiger partial charge on any atom is 0.115 e. The van der Waals surface area contributed by atoms with E-state index in [1.54, 1.807) is 12.4 Å². The zero-order chi connectivity index (χ0) is 13.2. The van der Waals surface area contributed by atoms with Crippen LogP contribution in [0.5, 0.6) is 0 Å². The molecule has 1 atom stereocenters. The van der Waals surface area contributed by atoms with Crippen molar-refractivity contribution in [3.63, 3.8) is 0 Å². The second kappa shape index (κ2) is 4.78. The van der Waals surface area contributed by atoms with Crippen LogP contribution in [0.3, 0.4) is 0 Å². The van der Waals surface area contributed by atoms with Gasteiger partial charge in [-0.25, -0.2) is 9.97 Å². The number of rotatable bonds is 3. The molecule has 0 fully saturated rings. The number of aliphatic hydroxyl groups excluding tert-OH is 1. The van der Waals surface area contributed by atoms with Gasteiger partial charge in [0.25, 0.3) is 0 Å². The zero-order valence-electron chi connectivity index (χ0n) is 10.6. The molecule has 96 valence electrons. The maximum atomic E-state index is 10.2. The van der Waals surface area contributed by atoms with Crippen molar-refractivity contribution in [3.8, 4) is 0 Å². The third-order valence-electron chi connectivity index (χ3n) is 3.19. The molecule has 0 aliphatic heterocycles. The van der Waals surface area contributed by atoms with Crippen LogP contribution in [0.1, 0.15) is 17.4 Å². The highest BCUT2D eigenvalue weighted by Crippen LogP contribution is 2.22. The van der Waals surface area contributed by atoms with Gasteiger partial charge in [-0.1, -0.05) is 18.2 Å². The number of aromatic nitrogens is 4. The number of benzene rings is 1. The largest absolute Gasteiger partial charge is 0.388 e. The summed E-state index contributed by atoms with van der Waals surface area (Å²) in [6.07, 6.45) is 4.52. The van der Waals surface area contributed by atoms with E-state index in [4.69, 9.17) is 0 Å². The summed E-state index contributed by atoms with van der Waals surface area (Å²) in [4.78, 5) is 7.84. The average molecular weight is 254 g/mol. The molecular formula is C14H14N4O. The Bertz CT molecular complexity index is 693. The molecule has 0 amide bonds. The molecule has 3 aromatic rings.